The number of carbonyl (C=O) groups excluding carboxylic acids is 1. The quantitative estimate of drug-likeness (QED) is 0.652. The van der Waals surface area contributed by atoms with Gasteiger partial charge in [0, 0.05) is 12.6 Å². The molecular weight excluding hydrogens is 360 g/mol. The minimum atomic E-state index is -0.328. The van der Waals surface area contributed by atoms with Crippen molar-refractivity contribution in [1.29, 1.82) is 0 Å². The normalized spacial score (nSPS) is 10.5. The number of rotatable bonds is 7. The van der Waals surface area contributed by atoms with Crippen LogP contribution in [-0.4, -0.2) is 43.6 Å². The lowest BCUT2D eigenvalue weighted by atomic mass is 10.3. The second-order valence-corrected chi connectivity index (χ2v) is 5.57. The number of halogens is 1. The number of nitrogens with zero attached hydrogens (tertiary/aromatic N) is 5. The van der Waals surface area contributed by atoms with Crippen LogP contribution in [0.2, 0.25) is 5.02 Å². The topological polar surface area (TPSA) is 104 Å². The van der Waals surface area contributed by atoms with Gasteiger partial charge in [0.25, 0.3) is 11.5 Å². The summed E-state index contributed by atoms with van der Waals surface area (Å²) in [5, 5.41) is 11.2. The van der Waals surface area contributed by atoms with E-state index < -0.39 is 0 Å². The van der Waals surface area contributed by atoms with Gasteiger partial charge >= 0.3 is 0 Å². The van der Waals surface area contributed by atoms with E-state index in [1.807, 2.05) is 0 Å². The van der Waals surface area contributed by atoms with Gasteiger partial charge in [0.15, 0.2) is 12.4 Å². The highest BCUT2D eigenvalue weighted by molar-refractivity contribution is 6.32. The van der Waals surface area contributed by atoms with Crippen molar-refractivity contribution in [3.8, 4) is 11.6 Å². The first kappa shape index (κ1) is 17.6. The van der Waals surface area contributed by atoms with Crippen LogP contribution in [0, 0.1) is 0 Å². The van der Waals surface area contributed by atoms with Crippen LogP contribution in [0.5, 0.6) is 5.75 Å². The molecule has 10 heteroatoms. The number of aromatic nitrogens is 5. The molecule has 0 saturated heterocycles. The van der Waals surface area contributed by atoms with E-state index in [9.17, 15) is 9.59 Å². The standard InChI is InChI=1S/C16H15ClN6O3/c17-12-3-1-2-4-13(12)26-9-15(24)19-7-8-22-16(25)6-5-14(21-22)23-11-18-10-20-23/h1-6,10-11H,7-9H2,(H,19,24). The molecule has 9 nitrogen and oxygen atoms in total. The Balaban J connectivity index is 1.51. The van der Waals surface area contributed by atoms with Crippen molar-refractivity contribution in [1.82, 2.24) is 29.9 Å². The Morgan fingerprint density at radius 2 is 2.08 bits per heavy atom. The van der Waals surface area contributed by atoms with E-state index in [1.54, 1.807) is 30.3 Å². The average molecular weight is 375 g/mol. The number of hydrogen-bond acceptors (Lipinski definition) is 6. The van der Waals surface area contributed by atoms with Gasteiger partial charge < -0.3 is 10.1 Å². The van der Waals surface area contributed by atoms with Gasteiger partial charge in [-0.1, -0.05) is 23.7 Å². The number of benzene rings is 1. The Morgan fingerprint density at radius 3 is 2.85 bits per heavy atom. The molecular formula is C16H15ClN6O3. The molecule has 0 saturated carbocycles. The van der Waals surface area contributed by atoms with Gasteiger partial charge in [-0.25, -0.2) is 14.3 Å². The van der Waals surface area contributed by atoms with Crippen molar-refractivity contribution in [2.45, 2.75) is 6.54 Å². The molecule has 134 valence electrons. The summed E-state index contributed by atoms with van der Waals surface area (Å²) in [6, 6.07) is 9.81. The van der Waals surface area contributed by atoms with E-state index in [-0.39, 0.29) is 31.2 Å². The van der Waals surface area contributed by atoms with Gasteiger partial charge in [-0.15, -0.1) is 5.10 Å². The smallest absolute Gasteiger partial charge is 0.266 e. The Bertz CT molecular complexity index is 941. The highest BCUT2D eigenvalue weighted by atomic mass is 35.5. The molecule has 1 N–H and O–H groups in total. The first-order chi connectivity index (χ1) is 12.6. The van der Waals surface area contributed by atoms with Gasteiger partial charge in [0.05, 0.1) is 11.6 Å². The van der Waals surface area contributed by atoms with E-state index in [4.69, 9.17) is 16.3 Å². The van der Waals surface area contributed by atoms with Crippen LogP contribution in [0.4, 0.5) is 0 Å². The molecule has 3 aromatic rings. The molecule has 0 spiro atoms. The van der Waals surface area contributed by atoms with Crippen molar-refractivity contribution in [3.63, 3.8) is 0 Å². The summed E-state index contributed by atoms with van der Waals surface area (Å²) < 4.78 is 8.03. The second kappa shape index (κ2) is 8.26. The first-order valence-electron chi connectivity index (χ1n) is 7.71. The molecule has 0 bridgehead atoms. The van der Waals surface area contributed by atoms with E-state index >= 15 is 0 Å². The third kappa shape index (κ3) is 4.45. The molecule has 0 aliphatic carbocycles. The maximum absolute atomic E-state index is 11.9. The van der Waals surface area contributed by atoms with Gasteiger partial charge in [-0.2, -0.15) is 5.10 Å². The largest absolute Gasteiger partial charge is 0.482 e. The monoisotopic (exact) mass is 374 g/mol. The highest BCUT2D eigenvalue weighted by Crippen LogP contribution is 2.22. The predicted molar refractivity (Wildman–Crippen MR) is 93.4 cm³/mol. The number of amides is 1. The lowest BCUT2D eigenvalue weighted by Crippen LogP contribution is -2.34. The third-order valence-electron chi connectivity index (χ3n) is 3.35. The molecule has 26 heavy (non-hydrogen) atoms. The maximum Gasteiger partial charge on any atom is 0.266 e. The van der Waals surface area contributed by atoms with E-state index in [1.165, 1.54) is 28.1 Å². The summed E-state index contributed by atoms with van der Waals surface area (Å²) in [6.45, 7) is 0.253. The van der Waals surface area contributed by atoms with Crippen LogP contribution in [0.25, 0.3) is 5.82 Å². The van der Waals surface area contributed by atoms with Crippen molar-refractivity contribution in [3.05, 3.63) is 64.4 Å². The fraction of sp³-hybridized carbons (Fsp3) is 0.188. The summed E-state index contributed by atoms with van der Waals surface area (Å²) in [7, 11) is 0. The zero-order valence-electron chi connectivity index (χ0n) is 13.6. The molecule has 1 amide bonds. The third-order valence-corrected chi connectivity index (χ3v) is 3.66. The van der Waals surface area contributed by atoms with Gasteiger partial charge in [0.2, 0.25) is 0 Å². The number of nitrogens with one attached hydrogen (secondary N) is 1. The van der Waals surface area contributed by atoms with Crippen molar-refractivity contribution in [2.75, 3.05) is 13.2 Å². The Labute approximate surface area is 153 Å². The molecule has 0 aliphatic heterocycles. The van der Waals surface area contributed by atoms with Crippen LogP contribution in [0.3, 0.4) is 0 Å². The lowest BCUT2D eigenvalue weighted by molar-refractivity contribution is -0.123. The summed E-state index contributed by atoms with van der Waals surface area (Å²) in [4.78, 5) is 27.5. The number of ether oxygens (including phenoxy) is 1. The van der Waals surface area contributed by atoms with Gasteiger partial charge in [-0.3, -0.25) is 9.59 Å². The predicted octanol–water partition coefficient (Wildman–Crippen LogP) is 0.673. The zero-order valence-corrected chi connectivity index (χ0v) is 14.3. The van der Waals surface area contributed by atoms with E-state index in [2.05, 4.69) is 20.5 Å². The van der Waals surface area contributed by atoms with Crippen LogP contribution in [-0.2, 0) is 11.3 Å². The number of para-hydroxylation sites is 1. The highest BCUT2D eigenvalue weighted by Gasteiger charge is 2.07. The molecule has 0 fully saturated rings. The molecule has 0 radical (unpaired) electrons. The fourth-order valence-electron chi connectivity index (χ4n) is 2.10. The zero-order chi connectivity index (χ0) is 18.4. The molecule has 2 heterocycles. The number of carbonyl (C=O) groups is 1. The molecule has 3 rings (SSSR count). The Hall–Kier alpha value is -3.20. The molecule has 2 aromatic heterocycles. The van der Waals surface area contributed by atoms with Crippen LogP contribution in [0.15, 0.2) is 53.8 Å². The second-order valence-electron chi connectivity index (χ2n) is 5.16. The van der Waals surface area contributed by atoms with Crippen LogP contribution < -0.4 is 15.6 Å². The molecule has 0 aliphatic rings. The van der Waals surface area contributed by atoms with Gasteiger partial charge in [-0.05, 0) is 18.2 Å². The van der Waals surface area contributed by atoms with Crippen molar-refractivity contribution < 1.29 is 9.53 Å². The summed E-state index contributed by atoms with van der Waals surface area (Å²) in [5.74, 6) is 0.559. The molecule has 0 unspecified atom stereocenters. The molecule has 1 aromatic carbocycles. The van der Waals surface area contributed by atoms with E-state index in [0.29, 0.717) is 16.6 Å². The van der Waals surface area contributed by atoms with Gasteiger partial charge in [0.1, 0.15) is 18.4 Å². The first-order valence-corrected chi connectivity index (χ1v) is 8.08. The summed E-state index contributed by atoms with van der Waals surface area (Å²) >= 11 is 5.95. The number of hydrogen-bond donors (Lipinski definition) is 1. The Kier molecular flexibility index (Phi) is 5.59. The van der Waals surface area contributed by atoms with Crippen LogP contribution >= 0.6 is 11.6 Å². The Morgan fingerprint density at radius 1 is 1.23 bits per heavy atom. The lowest BCUT2D eigenvalue weighted by Gasteiger charge is -2.09. The maximum atomic E-state index is 11.9. The average Bonchev–Trinajstić information content (AvgIpc) is 3.17. The summed E-state index contributed by atoms with van der Waals surface area (Å²) in [5.41, 5.74) is -0.282. The van der Waals surface area contributed by atoms with Crippen molar-refractivity contribution >= 4 is 17.5 Å². The minimum Gasteiger partial charge on any atom is -0.482 e. The summed E-state index contributed by atoms with van der Waals surface area (Å²) in [6.07, 6.45) is 2.85. The van der Waals surface area contributed by atoms with Crippen molar-refractivity contribution in [2.24, 2.45) is 0 Å². The molecule has 0 atom stereocenters. The van der Waals surface area contributed by atoms with E-state index in [0.717, 1.165) is 0 Å². The fourth-order valence-corrected chi connectivity index (χ4v) is 2.29. The minimum absolute atomic E-state index is 0.176. The van der Waals surface area contributed by atoms with Crippen LogP contribution in [0.1, 0.15) is 0 Å². The SMILES string of the molecule is O=C(COc1ccccc1Cl)NCCn1nc(-n2cncn2)ccc1=O.